The van der Waals surface area contributed by atoms with Crippen molar-refractivity contribution in [3.8, 4) is 11.3 Å². The SMILES string of the molecule is Cl.Cn1cc2cc(NC(=O)c3cccc(-c4cn[nH]c4)n3)c(N3CCCCC3)cc2n1. The van der Waals surface area contributed by atoms with Gasteiger partial charge in [0.2, 0.25) is 0 Å². The average Bonchev–Trinajstić information content (AvgIpc) is 3.43. The molecule has 0 aliphatic carbocycles. The molecule has 4 aromatic rings. The Morgan fingerprint density at radius 3 is 2.77 bits per heavy atom. The van der Waals surface area contributed by atoms with Crippen LogP contribution in [0.4, 0.5) is 11.4 Å². The Balaban J connectivity index is 0.00000231. The molecule has 2 N–H and O–H groups in total. The number of aryl methyl sites for hydroxylation is 1. The van der Waals surface area contributed by atoms with Gasteiger partial charge in [0.1, 0.15) is 5.69 Å². The van der Waals surface area contributed by atoms with Crippen molar-refractivity contribution in [1.29, 1.82) is 0 Å². The number of halogens is 1. The van der Waals surface area contributed by atoms with E-state index in [1.165, 1.54) is 6.42 Å². The van der Waals surface area contributed by atoms with Crippen molar-refractivity contribution in [2.45, 2.75) is 19.3 Å². The monoisotopic (exact) mass is 437 g/mol. The molecule has 160 valence electrons. The zero-order valence-electron chi connectivity index (χ0n) is 17.2. The van der Waals surface area contributed by atoms with Crippen LogP contribution in [-0.4, -0.2) is 44.0 Å². The molecule has 1 aromatic carbocycles. The summed E-state index contributed by atoms with van der Waals surface area (Å²) in [6, 6.07) is 9.50. The minimum Gasteiger partial charge on any atom is -0.370 e. The van der Waals surface area contributed by atoms with E-state index in [1.54, 1.807) is 23.1 Å². The molecule has 5 rings (SSSR count). The molecule has 0 bridgehead atoms. The lowest BCUT2D eigenvalue weighted by molar-refractivity contribution is 0.102. The summed E-state index contributed by atoms with van der Waals surface area (Å²) in [5.74, 6) is -0.234. The number of nitrogens with zero attached hydrogens (tertiary/aromatic N) is 5. The van der Waals surface area contributed by atoms with Gasteiger partial charge in [0.25, 0.3) is 5.91 Å². The fourth-order valence-corrected chi connectivity index (χ4v) is 3.98. The third kappa shape index (κ3) is 4.25. The molecule has 9 heteroatoms. The quantitative estimate of drug-likeness (QED) is 0.503. The molecule has 31 heavy (non-hydrogen) atoms. The summed E-state index contributed by atoms with van der Waals surface area (Å²) >= 11 is 0. The fraction of sp³-hybridized carbons (Fsp3) is 0.273. The van der Waals surface area contributed by atoms with E-state index in [1.807, 2.05) is 31.4 Å². The fourth-order valence-electron chi connectivity index (χ4n) is 3.98. The van der Waals surface area contributed by atoms with Crippen LogP contribution in [0.3, 0.4) is 0 Å². The molecular weight excluding hydrogens is 414 g/mol. The maximum atomic E-state index is 13.1. The Labute approximate surface area is 186 Å². The van der Waals surface area contributed by atoms with Crippen LogP contribution in [0, 0.1) is 0 Å². The molecule has 1 saturated heterocycles. The number of benzene rings is 1. The minimum atomic E-state index is -0.234. The summed E-state index contributed by atoms with van der Waals surface area (Å²) in [6.07, 6.45) is 8.96. The molecule has 0 atom stereocenters. The molecule has 1 aliphatic rings. The first-order valence-corrected chi connectivity index (χ1v) is 10.2. The number of fused-ring (bicyclic) bond motifs is 1. The largest absolute Gasteiger partial charge is 0.370 e. The molecule has 0 unspecified atom stereocenters. The summed E-state index contributed by atoms with van der Waals surface area (Å²) in [5.41, 5.74) is 4.64. The highest BCUT2D eigenvalue weighted by Gasteiger charge is 2.19. The van der Waals surface area contributed by atoms with Crippen LogP contribution in [0.5, 0.6) is 0 Å². The Hall–Kier alpha value is -3.39. The van der Waals surface area contributed by atoms with E-state index in [0.29, 0.717) is 11.4 Å². The number of carbonyl (C=O) groups is 1. The number of piperidine rings is 1. The van der Waals surface area contributed by atoms with Crippen molar-refractivity contribution in [2.75, 3.05) is 23.3 Å². The van der Waals surface area contributed by atoms with Crippen molar-refractivity contribution in [1.82, 2.24) is 25.0 Å². The van der Waals surface area contributed by atoms with Gasteiger partial charge in [-0.2, -0.15) is 10.2 Å². The second kappa shape index (κ2) is 8.77. The van der Waals surface area contributed by atoms with Gasteiger partial charge >= 0.3 is 0 Å². The third-order valence-corrected chi connectivity index (χ3v) is 5.46. The molecular formula is C22H24ClN7O. The van der Waals surface area contributed by atoms with E-state index >= 15 is 0 Å². The molecule has 3 aromatic heterocycles. The normalized spacial score (nSPS) is 13.8. The number of anilines is 2. The highest BCUT2D eigenvalue weighted by atomic mass is 35.5. The van der Waals surface area contributed by atoms with Crippen LogP contribution >= 0.6 is 12.4 Å². The van der Waals surface area contributed by atoms with Crippen molar-refractivity contribution < 1.29 is 4.79 Å². The summed E-state index contributed by atoms with van der Waals surface area (Å²) < 4.78 is 1.80. The number of aromatic nitrogens is 5. The molecule has 0 spiro atoms. The zero-order chi connectivity index (χ0) is 20.5. The molecule has 1 fully saturated rings. The Morgan fingerprint density at radius 2 is 2.00 bits per heavy atom. The molecule has 0 radical (unpaired) electrons. The van der Waals surface area contributed by atoms with Gasteiger partial charge in [-0.15, -0.1) is 12.4 Å². The molecule has 1 aliphatic heterocycles. The van der Waals surface area contributed by atoms with Crippen molar-refractivity contribution >= 4 is 40.6 Å². The van der Waals surface area contributed by atoms with E-state index in [2.05, 4.69) is 36.6 Å². The number of hydrogen-bond acceptors (Lipinski definition) is 5. The van der Waals surface area contributed by atoms with Crippen LogP contribution in [0.1, 0.15) is 29.8 Å². The second-order valence-corrected chi connectivity index (χ2v) is 7.63. The van der Waals surface area contributed by atoms with Crippen LogP contribution < -0.4 is 10.2 Å². The number of amides is 1. The van der Waals surface area contributed by atoms with E-state index in [0.717, 1.165) is 53.8 Å². The zero-order valence-corrected chi connectivity index (χ0v) is 18.0. The van der Waals surface area contributed by atoms with Gasteiger partial charge in [0, 0.05) is 43.5 Å². The molecule has 4 heterocycles. The first-order chi connectivity index (χ1) is 14.7. The van der Waals surface area contributed by atoms with E-state index < -0.39 is 0 Å². The van der Waals surface area contributed by atoms with Gasteiger partial charge < -0.3 is 10.2 Å². The number of carbonyl (C=O) groups excluding carboxylic acids is 1. The summed E-state index contributed by atoms with van der Waals surface area (Å²) in [4.78, 5) is 19.9. The number of H-pyrrole nitrogens is 1. The Bertz CT molecular complexity index is 1200. The minimum absolute atomic E-state index is 0. The molecule has 1 amide bonds. The maximum absolute atomic E-state index is 13.1. The summed E-state index contributed by atoms with van der Waals surface area (Å²) in [5, 5.41) is 15.4. The predicted octanol–water partition coefficient (Wildman–Crippen LogP) is 4.02. The number of rotatable bonds is 4. The van der Waals surface area contributed by atoms with Gasteiger partial charge in [-0.3, -0.25) is 14.6 Å². The summed E-state index contributed by atoms with van der Waals surface area (Å²) in [6.45, 7) is 1.96. The first kappa shape index (κ1) is 20.9. The lowest BCUT2D eigenvalue weighted by Crippen LogP contribution is -2.30. The standard InChI is InChI=1S/C22H23N7O.ClH/c1-28-14-15-10-20(21(11-19(15)27-28)29-8-3-2-4-9-29)26-22(30)18-7-5-6-17(25-18)16-12-23-24-13-16;/h5-7,10-14H,2-4,8-9H2,1H3,(H,23,24)(H,26,30);1H. The van der Waals surface area contributed by atoms with Gasteiger partial charge in [-0.1, -0.05) is 6.07 Å². The van der Waals surface area contributed by atoms with Crippen LogP contribution in [-0.2, 0) is 7.05 Å². The third-order valence-electron chi connectivity index (χ3n) is 5.46. The van der Waals surface area contributed by atoms with E-state index in [9.17, 15) is 4.79 Å². The number of pyridine rings is 1. The van der Waals surface area contributed by atoms with E-state index in [4.69, 9.17) is 0 Å². The van der Waals surface area contributed by atoms with E-state index in [-0.39, 0.29) is 18.3 Å². The topological polar surface area (TPSA) is 91.7 Å². The van der Waals surface area contributed by atoms with Crippen molar-refractivity contribution in [3.63, 3.8) is 0 Å². The van der Waals surface area contributed by atoms with Crippen LogP contribution in [0.25, 0.3) is 22.2 Å². The predicted molar refractivity (Wildman–Crippen MR) is 124 cm³/mol. The Kier molecular flexibility index (Phi) is 5.90. The van der Waals surface area contributed by atoms with Gasteiger partial charge in [-0.05, 0) is 43.5 Å². The maximum Gasteiger partial charge on any atom is 0.274 e. The van der Waals surface area contributed by atoms with Crippen LogP contribution in [0.15, 0.2) is 48.9 Å². The number of nitrogens with one attached hydrogen (secondary N) is 2. The average molecular weight is 438 g/mol. The summed E-state index contributed by atoms with van der Waals surface area (Å²) in [7, 11) is 1.91. The van der Waals surface area contributed by atoms with Gasteiger partial charge in [-0.25, -0.2) is 4.98 Å². The van der Waals surface area contributed by atoms with Gasteiger partial charge in [0.15, 0.2) is 0 Å². The molecule has 0 saturated carbocycles. The number of aromatic amines is 1. The van der Waals surface area contributed by atoms with Crippen LogP contribution in [0.2, 0.25) is 0 Å². The lowest BCUT2D eigenvalue weighted by atomic mass is 10.1. The highest BCUT2D eigenvalue weighted by molar-refractivity contribution is 6.06. The lowest BCUT2D eigenvalue weighted by Gasteiger charge is -2.30. The first-order valence-electron chi connectivity index (χ1n) is 10.2. The highest BCUT2D eigenvalue weighted by Crippen LogP contribution is 2.33. The van der Waals surface area contributed by atoms with Crippen molar-refractivity contribution in [2.24, 2.45) is 7.05 Å². The van der Waals surface area contributed by atoms with Gasteiger partial charge in [0.05, 0.1) is 28.8 Å². The smallest absolute Gasteiger partial charge is 0.274 e. The second-order valence-electron chi connectivity index (χ2n) is 7.63. The Morgan fingerprint density at radius 1 is 1.16 bits per heavy atom. The number of hydrogen-bond donors (Lipinski definition) is 2. The molecule has 8 nitrogen and oxygen atoms in total. The van der Waals surface area contributed by atoms with Crippen molar-refractivity contribution in [3.05, 3.63) is 54.6 Å².